The van der Waals surface area contributed by atoms with Crippen molar-refractivity contribution >= 4 is 5.97 Å². The highest BCUT2D eigenvalue weighted by Crippen LogP contribution is 2.16. The first-order valence-corrected chi connectivity index (χ1v) is 6.09. The molecule has 1 saturated heterocycles. The monoisotopic (exact) mass is 228 g/mol. The molecule has 0 radical (unpaired) electrons. The predicted molar refractivity (Wildman–Crippen MR) is 64.5 cm³/mol. The second-order valence-electron chi connectivity index (χ2n) is 5.23. The van der Waals surface area contributed by atoms with Crippen molar-refractivity contribution in [2.24, 2.45) is 11.8 Å². The standard InChI is InChI=1S/C12H24N2O2/c1-10(12(15)16)7-14(3)9-11-5-4-6-13(2)8-11/h10-11H,4-9H2,1-3H3,(H,15,16). The number of piperidine rings is 1. The van der Waals surface area contributed by atoms with Crippen molar-refractivity contribution in [3.8, 4) is 0 Å². The van der Waals surface area contributed by atoms with E-state index >= 15 is 0 Å². The van der Waals surface area contributed by atoms with E-state index in [1.165, 1.54) is 19.4 Å². The second kappa shape index (κ2) is 6.21. The molecule has 0 aromatic heterocycles. The Bertz CT molecular complexity index is 233. The van der Waals surface area contributed by atoms with E-state index in [0.29, 0.717) is 12.5 Å². The lowest BCUT2D eigenvalue weighted by atomic mass is 9.97. The van der Waals surface area contributed by atoms with Crippen molar-refractivity contribution in [1.82, 2.24) is 9.80 Å². The minimum atomic E-state index is -0.701. The maximum atomic E-state index is 10.7. The third kappa shape index (κ3) is 4.49. The van der Waals surface area contributed by atoms with Gasteiger partial charge in [0.1, 0.15) is 0 Å². The van der Waals surface area contributed by atoms with E-state index in [4.69, 9.17) is 5.11 Å². The molecule has 1 heterocycles. The Morgan fingerprint density at radius 1 is 1.62 bits per heavy atom. The molecule has 2 unspecified atom stereocenters. The largest absolute Gasteiger partial charge is 0.481 e. The summed E-state index contributed by atoms with van der Waals surface area (Å²) in [6.45, 7) is 5.78. The summed E-state index contributed by atoms with van der Waals surface area (Å²) in [4.78, 5) is 15.3. The van der Waals surface area contributed by atoms with Crippen LogP contribution in [0.25, 0.3) is 0 Å². The van der Waals surface area contributed by atoms with Gasteiger partial charge in [-0.15, -0.1) is 0 Å². The Hall–Kier alpha value is -0.610. The van der Waals surface area contributed by atoms with E-state index in [2.05, 4.69) is 16.8 Å². The number of hydrogen-bond acceptors (Lipinski definition) is 3. The molecule has 2 atom stereocenters. The first-order valence-electron chi connectivity index (χ1n) is 6.09. The minimum Gasteiger partial charge on any atom is -0.481 e. The molecule has 1 rings (SSSR count). The van der Waals surface area contributed by atoms with Gasteiger partial charge in [0.2, 0.25) is 0 Å². The van der Waals surface area contributed by atoms with E-state index in [-0.39, 0.29) is 5.92 Å². The topological polar surface area (TPSA) is 43.8 Å². The number of carboxylic acid groups (broad SMARTS) is 1. The van der Waals surface area contributed by atoms with Gasteiger partial charge in [-0.3, -0.25) is 4.79 Å². The molecule has 94 valence electrons. The highest BCUT2D eigenvalue weighted by Gasteiger charge is 2.20. The second-order valence-corrected chi connectivity index (χ2v) is 5.23. The number of carboxylic acids is 1. The van der Waals surface area contributed by atoms with Gasteiger partial charge in [-0.1, -0.05) is 6.92 Å². The summed E-state index contributed by atoms with van der Waals surface area (Å²) in [6, 6.07) is 0. The van der Waals surface area contributed by atoms with Crippen molar-refractivity contribution in [2.75, 3.05) is 40.3 Å². The first kappa shape index (κ1) is 13.5. The Labute approximate surface area is 98.2 Å². The minimum absolute atomic E-state index is 0.272. The van der Waals surface area contributed by atoms with E-state index < -0.39 is 5.97 Å². The number of hydrogen-bond donors (Lipinski definition) is 1. The highest BCUT2D eigenvalue weighted by molar-refractivity contribution is 5.69. The van der Waals surface area contributed by atoms with Crippen LogP contribution in [0, 0.1) is 11.8 Å². The van der Waals surface area contributed by atoms with E-state index in [1.54, 1.807) is 6.92 Å². The third-order valence-electron chi connectivity index (χ3n) is 3.30. The van der Waals surface area contributed by atoms with Gasteiger partial charge >= 0.3 is 5.97 Å². The van der Waals surface area contributed by atoms with Crippen LogP contribution in [0.15, 0.2) is 0 Å². The Balaban J connectivity index is 2.27. The van der Waals surface area contributed by atoms with Gasteiger partial charge in [0.15, 0.2) is 0 Å². The predicted octanol–water partition coefficient (Wildman–Crippen LogP) is 0.981. The number of carbonyl (C=O) groups is 1. The molecule has 0 aromatic rings. The average Bonchev–Trinajstić information content (AvgIpc) is 2.16. The number of aliphatic carboxylic acids is 1. The molecule has 1 fully saturated rings. The highest BCUT2D eigenvalue weighted by atomic mass is 16.4. The zero-order valence-corrected chi connectivity index (χ0v) is 10.6. The molecular formula is C12H24N2O2. The van der Waals surface area contributed by atoms with Gasteiger partial charge in [0, 0.05) is 19.6 Å². The molecule has 16 heavy (non-hydrogen) atoms. The molecule has 4 heteroatoms. The summed E-state index contributed by atoms with van der Waals surface area (Å²) < 4.78 is 0. The molecule has 0 amide bonds. The lowest BCUT2D eigenvalue weighted by Crippen LogP contribution is -2.39. The fraction of sp³-hybridized carbons (Fsp3) is 0.917. The molecular weight excluding hydrogens is 204 g/mol. The summed E-state index contributed by atoms with van der Waals surface area (Å²) in [5.74, 6) is -0.274. The van der Waals surface area contributed by atoms with Gasteiger partial charge in [-0.25, -0.2) is 0 Å². The summed E-state index contributed by atoms with van der Waals surface area (Å²) in [5, 5.41) is 8.84. The van der Waals surface area contributed by atoms with Crippen LogP contribution in [0.5, 0.6) is 0 Å². The van der Waals surface area contributed by atoms with Crippen LogP contribution in [-0.4, -0.2) is 61.2 Å². The van der Waals surface area contributed by atoms with E-state index in [0.717, 1.165) is 13.1 Å². The zero-order valence-electron chi connectivity index (χ0n) is 10.6. The summed E-state index contributed by atoms with van der Waals surface area (Å²) in [6.07, 6.45) is 2.54. The van der Waals surface area contributed by atoms with Crippen molar-refractivity contribution in [1.29, 1.82) is 0 Å². The normalized spacial score (nSPS) is 24.6. The van der Waals surface area contributed by atoms with Crippen LogP contribution in [0.2, 0.25) is 0 Å². The van der Waals surface area contributed by atoms with Crippen LogP contribution < -0.4 is 0 Å². The molecule has 4 nitrogen and oxygen atoms in total. The van der Waals surface area contributed by atoms with Crippen LogP contribution in [0.4, 0.5) is 0 Å². The van der Waals surface area contributed by atoms with Crippen LogP contribution in [-0.2, 0) is 4.79 Å². The molecule has 0 aliphatic carbocycles. The van der Waals surface area contributed by atoms with E-state index in [1.807, 2.05) is 7.05 Å². The van der Waals surface area contributed by atoms with Crippen molar-refractivity contribution in [3.63, 3.8) is 0 Å². The summed E-state index contributed by atoms with van der Waals surface area (Å²) in [7, 11) is 4.18. The fourth-order valence-electron chi connectivity index (χ4n) is 2.48. The first-order chi connectivity index (χ1) is 7.49. The molecule has 1 aliphatic rings. The van der Waals surface area contributed by atoms with Crippen LogP contribution in [0.1, 0.15) is 19.8 Å². The maximum Gasteiger partial charge on any atom is 0.307 e. The Kier molecular flexibility index (Phi) is 5.22. The average molecular weight is 228 g/mol. The lowest BCUT2D eigenvalue weighted by Gasteiger charge is -2.32. The van der Waals surface area contributed by atoms with Crippen molar-refractivity contribution < 1.29 is 9.90 Å². The smallest absolute Gasteiger partial charge is 0.307 e. The van der Waals surface area contributed by atoms with Gasteiger partial charge in [-0.2, -0.15) is 0 Å². The number of nitrogens with zero attached hydrogens (tertiary/aromatic N) is 2. The SMILES string of the molecule is CC(CN(C)CC1CCCN(C)C1)C(=O)O. The molecule has 1 aliphatic heterocycles. The quantitative estimate of drug-likeness (QED) is 0.762. The molecule has 1 N–H and O–H groups in total. The third-order valence-corrected chi connectivity index (χ3v) is 3.30. The van der Waals surface area contributed by atoms with Gasteiger partial charge < -0.3 is 14.9 Å². The van der Waals surface area contributed by atoms with Crippen LogP contribution in [0.3, 0.4) is 0 Å². The van der Waals surface area contributed by atoms with Gasteiger partial charge in [-0.05, 0) is 39.4 Å². The lowest BCUT2D eigenvalue weighted by molar-refractivity contribution is -0.141. The zero-order chi connectivity index (χ0) is 12.1. The summed E-state index contributed by atoms with van der Waals surface area (Å²) >= 11 is 0. The molecule has 0 aromatic carbocycles. The molecule has 0 bridgehead atoms. The summed E-state index contributed by atoms with van der Waals surface area (Å²) in [5.41, 5.74) is 0. The molecule has 0 spiro atoms. The van der Waals surface area contributed by atoms with Crippen molar-refractivity contribution in [2.45, 2.75) is 19.8 Å². The number of rotatable bonds is 5. The van der Waals surface area contributed by atoms with E-state index in [9.17, 15) is 4.79 Å². The Morgan fingerprint density at radius 3 is 2.88 bits per heavy atom. The maximum absolute atomic E-state index is 10.7. The fourth-order valence-corrected chi connectivity index (χ4v) is 2.48. The molecule has 0 saturated carbocycles. The number of likely N-dealkylation sites (tertiary alicyclic amines) is 1. The Morgan fingerprint density at radius 2 is 2.31 bits per heavy atom. The van der Waals surface area contributed by atoms with Crippen LogP contribution >= 0.6 is 0 Å². The van der Waals surface area contributed by atoms with Gasteiger partial charge in [0.25, 0.3) is 0 Å². The van der Waals surface area contributed by atoms with Crippen molar-refractivity contribution in [3.05, 3.63) is 0 Å². The van der Waals surface area contributed by atoms with Gasteiger partial charge in [0.05, 0.1) is 5.92 Å².